The van der Waals surface area contributed by atoms with Crippen molar-refractivity contribution >= 4 is 22.5 Å². The largest absolute Gasteiger partial charge is 0.454 e. The number of carbonyl (C=O) groups excluding carboxylic acids is 1. The number of hydrogen-bond donors (Lipinski definition) is 2. The Morgan fingerprint density at radius 1 is 0.893 bits per heavy atom. The van der Waals surface area contributed by atoms with E-state index in [0.717, 1.165) is 17.5 Å². The number of nitrogens with one attached hydrogen (secondary N) is 2. The van der Waals surface area contributed by atoms with Crippen LogP contribution in [0.5, 0.6) is 11.5 Å². The van der Waals surface area contributed by atoms with Gasteiger partial charge in [-0.25, -0.2) is 0 Å². The molecule has 0 atom stereocenters. The van der Waals surface area contributed by atoms with Crippen LogP contribution in [0.1, 0.15) is 21.5 Å². The standard InChI is InChI=1S/C23H18N2O3/c26-23(25-19-6-8-21-22(13-19)28-14-27-21)17-4-1-15(2-5-17)11-16-3-7-20-18(12-16)9-10-24-20/h1-10,12-13,24H,11,14H2,(H,25,26). The summed E-state index contributed by atoms with van der Waals surface area (Å²) in [5, 5.41) is 4.10. The van der Waals surface area contributed by atoms with Gasteiger partial charge < -0.3 is 19.8 Å². The van der Waals surface area contributed by atoms with E-state index in [9.17, 15) is 4.79 Å². The lowest BCUT2D eigenvalue weighted by molar-refractivity contribution is 0.102. The SMILES string of the molecule is O=C(Nc1ccc2c(c1)OCO2)c1ccc(Cc2ccc3[nH]ccc3c2)cc1. The van der Waals surface area contributed by atoms with Crippen LogP contribution in [0.25, 0.3) is 10.9 Å². The van der Waals surface area contributed by atoms with Gasteiger partial charge in [-0.05, 0) is 65.4 Å². The van der Waals surface area contributed by atoms with Gasteiger partial charge in [0.25, 0.3) is 5.91 Å². The lowest BCUT2D eigenvalue weighted by Gasteiger charge is -2.08. The summed E-state index contributed by atoms with van der Waals surface area (Å²) < 4.78 is 10.6. The number of benzene rings is 3. The highest BCUT2D eigenvalue weighted by Crippen LogP contribution is 2.34. The third kappa shape index (κ3) is 3.18. The van der Waals surface area contributed by atoms with Crippen molar-refractivity contribution < 1.29 is 14.3 Å². The molecule has 0 aliphatic carbocycles. The molecule has 0 unspecified atom stereocenters. The van der Waals surface area contributed by atoms with Crippen molar-refractivity contribution in [2.75, 3.05) is 12.1 Å². The summed E-state index contributed by atoms with van der Waals surface area (Å²) in [7, 11) is 0. The number of aromatic nitrogens is 1. The van der Waals surface area contributed by atoms with E-state index in [2.05, 4.69) is 34.6 Å². The van der Waals surface area contributed by atoms with Crippen LogP contribution in [0.3, 0.4) is 0 Å². The Balaban J connectivity index is 1.28. The van der Waals surface area contributed by atoms with Crippen LogP contribution in [-0.4, -0.2) is 17.7 Å². The van der Waals surface area contributed by atoms with Crippen LogP contribution in [-0.2, 0) is 6.42 Å². The molecule has 0 spiro atoms. The Labute approximate surface area is 161 Å². The molecule has 1 aliphatic rings. The van der Waals surface area contributed by atoms with Crippen molar-refractivity contribution in [3.05, 3.63) is 89.6 Å². The van der Waals surface area contributed by atoms with Crippen molar-refractivity contribution in [3.8, 4) is 11.5 Å². The van der Waals surface area contributed by atoms with E-state index in [1.807, 2.05) is 30.5 Å². The molecule has 5 rings (SSSR count). The maximum Gasteiger partial charge on any atom is 0.255 e. The van der Waals surface area contributed by atoms with Crippen molar-refractivity contribution in [2.24, 2.45) is 0 Å². The first kappa shape index (κ1) is 16.4. The van der Waals surface area contributed by atoms with Gasteiger partial charge in [-0.1, -0.05) is 18.2 Å². The topological polar surface area (TPSA) is 63.4 Å². The fourth-order valence-corrected chi connectivity index (χ4v) is 3.40. The van der Waals surface area contributed by atoms with Crippen LogP contribution < -0.4 is 14.8 Å². The van der Waals surface area contributed by atoms with E-state index in [0.29, 0.717) is 22.7 Å². The van der Waals surface area contributed by atoms with Crippen molar-refractivity contribution in [3.63, 3.8) is 0 Å². The second-order valence-corrected chi connectivity index (χ2v) is 6.80. The molecule has 3 aromatic carbocycles. The van der Waals surface area contributed by atoms with Gasteiger partial charge in [-0.3, -0.25) is 4.79 Å². The summed E-state index contributed by atoms with van der Waals surface area (Å²) in [5.74, 6) is 1.19. The molecule has 138 valence electrons. The number of fused-ring (bicyclic) bond motifs is 2. The lowest BCUT2D eigenvalue weighted by atomic mass is 10.0. The maximum absolute atomic E-state index is 12.5. The molecule has 0 saturated carbocycles. The first-order valence-electron chi connectivity index (χ1n) is 9.10. The Morgan fingerprint density at radius 3 is 2.61 bits per heavy atom. The van der Waals surface area contributed by atoms with Gasteiger partial charge in [0, 0.05) is 29.0 Å². The monoisotopic (exact) mass is 370 g/mol. The number of aromatic amines is 1. The molecule has 2 heterocycles. The molecular formula is C23H18N2O3. The molecule has 2 N–H and O–H groups in total. The Morgan fingerprint density at radius 2 is 1.71 bits per heavy atom. The number of H-pyrrole nitrogens is 1. The zero-order chi connectivity index (χ0) is 18.9. The lowest BCUT2D eigenvalue weighted by Crippen LogP contribution is -2.11. The molecule has 1 aromatic heterocycles. The molecular weight excluding hydrogens is 352 g/mol. The van der Waals surface area contributed by atoms with Crippen molar-refractivity contribution in [1.82, 2.24) is 4.98 Å². The van der Waals surface area contributed by atoms with Gasteiger partial charge in [0.1, 0.15) is 0 Å². The first-order chi connectivity index (χ1) is 13.7. The zero-order valence-corrected chi connectivity index (χ0v) is 15.1. The number of ether oxygens (including phenoxy) is 2. The molecule has 5 nitrogen and oxygen atoms in total. The minimum absolute atomic E-state index is 0.154. The molecule has 1 amide bonds. The summed E-state index contributed by atoms with van der Waals surface area (Å²) in [6.45, 7) is 0.214. The van der Waals surface area contributed by atoms with Crippen LogP contribution in [0.15, 0.2) is 72.9 Å². The quantitative estimate of drug-likeness (QED) is 0.545. The van der Waals surface area contributed by atoms with Crippen LogP contribution in [0, 0.1) is 0 Å². The third-order valence-electron chi connectivity index (χ3n) is 4.87. The van der Waals surface area contributed by atoms with E-state index in [4.69, 9.17) is 9.47 Å². The Kier molecular flexibility index (Phi) is 3.98. The van der Waals surface area contributed by atoms with E-state index >= 15 is 0 Å². The van der Waals surface area contributed by atoms with E-state index in [1.165, 1.54) is 10.9 Å². The number of hydrogen-bond acceptors (Lipinski definition) is 3. The van der Waals surface area contributed by atoms with Crippen molar-refractivity contribution in [1.29, 1.82) is 0 Å². The molecule has 0 radical (unpaired) electrons. The maximum atomic E-state index is 12.5. The molecule has 1 aliphatic heterocycles. The van der Waals surface area contributed by atoms with Gasteiger partial charge in [-0.15, -0.1) is 0 Å². The fraction of sp³-hybridized carbons (Fsp3) is 0.0870. The van der Waals surface area contributed by atoms with Gasteiger partial charge >= 0.3 is 0 Å². The molecule has 0 saturated heterocycles. The highest BCUT2D eigenvalue weighted by atomic mass is 16.7. The second-order valence-electron chi connectivity index (χ2n) is 6.80. The number of anilines is 1. The van der Waals surface area contributed by atoms with Gasteiger partial charge in [0.05, 0.1) is 0 Å². The van der Waals surface area contributed by atoms with E-state index in [1.54, 1.807) is 18.2 Å². The Hall–Kier alpha value is -3.73. The minimum Gasteiger partial charge on any atom is -0.454 e. The average molecular weight is 370 g/mol. The molecule has 28 heavy (non-hydrogen) atoms. The third-order valence-corrected chi connectivity index (χ3v) is 4.87. The second kappa shape index (κ2) is 6.78. The molecule has 4 aromatic rings. The summed E-state index contributed by atoms with van der Waals surface area (Å²) in [6, 6.07) is 21.5. The van der Waals surface area contributed by atoms with E-state index < -0.39 is 0 Å². The number of rotatable bonds is 4. The van der Waals surface area contributed by atoms with Crippen LogP contribution in [0.4, 0.5) is 5.69 Å². The fourth-order valence-electron chi connectivity index (χ4n) is 3.40. The highest BCUT2D eigenvalue weighted by Gasteiger charge is 2.14. The average Bonchev–Trinajstić information content (AvgIpc) is 3.36. The van der Waals surface area contributed by atoms with Gasteiger partial charge in [0.2, 0.25) is 6.79 Å². The van der Waals surface area contributed by atoms with E-state index in [-0.39, 0.29) is 12.7 Å². The smallest absolute Gasteiger partial charge is 0.255 e. The first-order valence-corrected chi connectivity index (χ1v) is 9.10. The predicted molar refractivity (Wildman–Crippen MR) is 108 cm³/mol. The summed E-state index contributed by atoms with van der Waals surface area (Å²) in [6.07, 6.45) is 2.77. The van der Waals surface area contributed by atoms with Crippen LogP contribution >= 0.6 is 0 Å². The summed E-state index contributed by atoms with van der Waals surface area (Å²) in [4.78, 5) is 15.7. The number of carbonyl (C=O) groups is 1. The normalized spacial score (nSPS) is 12.3. The zero-order valence-electron chi connectivity index (χ0n) is 15.1. The molecule has 0 fully saturated rings. The van der Waals surface area contributed by atoms with Crippen molar-refractivity contribution in [2.45, 2.75) is 6.42 Å². The predicted octanol–water partition coefficient (Wildman–Crippen LogP) is 4.74. The Bertz CT molecular complexity index is 1160. The minimum atomic E-state index is -0.154. The number of amides is 1. The summed E-state index contributed by atoms with van der Waals surface area (Å²) in [5.41, 5.74) is 4.83. The van der Waals surface area contributed by atoms with Gasteiger partial charge in [-0.2, -0.15) is 0 Å². The summed E-state index contributed by atoms with van der Waals surface area (Å²) >= 11 is 0. The highest BCUT2D eigenvalue weighted by molar-refractivity contribution is 6.04. The molecule has 5 heteroatoms. The van der Waals surface area contributed by atoms with Crippen LogP contribution in [0.2, 0.25) is 0 Å². The molecule has 0 bridgehead atoms. The van der Waals surface area contributed by atoms with Gasteiger partial charge in [0.15, 0.2) is 11.5 Å².